The second-order valence-corrected chi connectivity index (χ2v) is 9.57. The molecule has 0 fully saturated rings. The zero-order valence-electron chi connectivity index (χ0n) is 19.9. The first-order chi connectivity index (χ1) is 18.2. The van der Waals surface area contributed by atoms with Gasteiger partial charge in [-0.25, -0.2) is 13.6 Å². The van der Waals surface area contributed by atoms with Gasteiger partial charge in [-0.05, 0) is 48.5 Å². The Morgan fingerprint density at radius 1 is 1.13 bits per heavy atom. The van der Waals surface area contributed by atoms with Crippen LogP contribution in [0.1, 0.15) is 24.2 Å². The van der Waals surface area contributed by atoms with Crippen molar-refractivity contribution >= 4 is 34.3 Å². The van der Waals surface area contributed by atoms with E-state index in [0.29, 0.717) is 50.2 Å². The number of aromatic nitrogens is 2. The van der Waals surface area contributed by atoms with Gasteiger partial charge in [-0.1, -0.05) is 17.7 Å². The molecule has 1 unspecified atom stereocenters. The molecule has 1 atom stereocenters. The molecule has 0 bridgehead atoms. The number of aliphatic imine (C=N–C) groups is 1. The molecular weight excluding hydrogens is 518 g/mol. The van der Waals surface area contributed by atoms with Crippen LogP contribution in [0, 0.1) is 0 Å². The third kappa shape index (κ3) is 4.26. The number of ether oxygens (including phenoxy) is 1. The van der Waals surface area contributed by atoms with Crippen LogP contribution in [0.5, 0.6) is 11.5 Å². The summed E-state index contributed by atoms with van der Waals surface area (Å²) in [7, 11) is 0. The van der Waals surface area contributed by atoms with Crippen LogP contribution in [0.15, 0.2) is 86.1 Å². The molecule has 0 saturated carbocycles. The second-order valence-electron chi connectivity index (χ2n) is 9.13. The minimum absolute atomic E-state index is 0.0224. The molecule has 2 aliphatic rings. The number of fused-ring (bicyclic) bond motifs is 1. The zero-order chi connectivity index (χ0) is 26.6. The van der Waals surface area contributed by atoms with Gasteiger partial charge in [-0.2, -0.15) is 0 Å². The maximum atomic E-state index is 14.2. The number of pyridine rings is 1. The van der Waals surface area contributed by atoms with Gasteiger partial charge in [0.2, 0.25) is 0 Å². The van der Waals surface area contributed by atoms with Crippen LogP contribution >= 0.6 is 11.6 Å². The van der Waals surface area contributed by atoms with Gasteiger partial charge >= 0.3 is 5.76 Å². The van der Waals surface area contributed by atoms with Gasteiger partial charge in [0.15, 0.2) is 5.58 Å². The van der Waals surface area contributed by atoms with E-state index in [0.717, 1.165) is 11.8 Å². The molecule has 6 rings (SSSR count). The van der Waals surface area contributed by atoms with Crippen LogP contribution in [0.3, 0.4) is 0 Å². The zero-order valence-corrected chi connectivity index (χ0v) is 20.6. The highest BCUT2D eigenvalue weighted by Crippen LogP contribution is 2.44. The first-order valence-corrected chi connectivity index (χ1v) is 12.0. The molecule has 38 heavy (non-hydrogen) atoms. The Hall–Kier alpha value is -4.31. The van der Waals surface area contributed by atoms with E-state index in [-0.39, 0.29) is 12.1 Å². The highest BCUT2D eigenvalue weighted by molar-refractivity contribution is 6.30. The lowest BCUT2D eigenvalue weighted by atomic mass is 9.93. The molecule has 4 heterocycles. The van der Waals surface area contributed by atoms with Crippen molar-refractivity contribution in [3.8, 4) is 11.5 Å². The van der Waals surface area contributed by atoms with Crippen molar-refractivity contribution in [2.75, 3.05) is 13.1 Å². The summed E-state index contributed by atoms with van der Waals surface area (Å²) in [5.74, 6) is -3.35. The lowest BCUT2D eigenvalue weighted by Gasteiger charge is -2.30. The Balaban J connectivity index is 1.40. The van der Waals surface area contributed by atoms with Crippen LogP contribution in [0.2, 0.25) is 5.02 Å². The standard InChI is InChI=1S/C27H19ClF2N4O4/c1-27(29,30)13-34-23(19-10-9-16(11-31-19)37-15-7-5-14(28)6-8-15)21-18(25(34)35)12-32-22(21)17-3-2-4-20-24(17)38-26(36)33-20/h2-11,23H,12-13H2,1H3,(H,33,36). The molecule has 1 amide bonds. The maximum Gasteiger partial charge on any atom is 0.417 e. The van der Waals surface area contributed by atoms with Crippen molar-refractivity contribution in [3.63, 3.8) is 0 Å². The fraction of sp³-hybridized carbons (Fsp3) is 0.185. The third-order valence-electron chi connectivity index (χ3n) is 6.32. The van der Waals surface area contributed by atoms with E-state index in [2.05, 4.69) is 15.0 Å². The van der Waals surface area contributed by atoms with Gasteiger partial charge in [-0.15, -0.1) is 0 Å². The summed E-state index contributed by atoms with van der Waals surface area (Å²) in [6.45, 7) is -0.0129. The second kappa shape index (κ2) is 8.91. The fourth-order valence-electron chi connectivity index (χ4n) is 4.81. The fourth-order valence-corrected chi connectivity index (χ4v) is 4.93. The molecule has 2 aromatic heterocycles. The molecular formula is C27H19ClF2N4O4. The lowest BCUT2D eigenvalue weighted by molar-refractivity contribution is -0.132. The van der Waals surface area contributed by atoms with Gasteiger partial charge < -0.3 is 14.1 Å². The predicted molar refractivity (Wildman–Crippen MR) is 136 cm³/mol. The quantitative estimate of drug-likeness (QED) is 0.360. The Bertz CT molecular complexity index is 1690. The van der Waals surface area contributed by atoms with E-state index >= 15 is 0 Å². The smallest absolute Gasteiger partial charge is 0.417 e. The van der Waals surface area contributed by atoms with Crippen LogP contribution in [-0.4, -0.2) is 45.5 Å². The number of oxazole rings is 1. The normalized spacial score (nSPS) is 17.4. The number of halogens is 3. The number of rotatable bonds is 6. The largest absolute Gasteiger partial charge is 0.456 e. The number of H-pyrrole nitrogens is 1. The molecule has 4 aromatic rings. The minimum Gasteiger partial charge on any atom is -0.456 e. The van der Waals surface area contributed by atoms with Crippen LogP contribution < -0.4 is 10.5 Å². The molecule has 192 valence electrons. The SMILES string of the molecule is CC(F)(F)CN1C(=O)C2=C(C(c3cccc4[nH]c(=O)oc34)=NC2)C1c1ccc(Oc2ccc(Cl)cc2)cn1. The number of benzene rings is 2. The highest BCUT2D eigenvalue weighted by atomic mass is 35.5. The number of hydrogen-bond donors (Lipinski definition) is 1. The molecule has 11 heteroatoms. The third-order valence-corrected chi connectivity index (χ3v) is 6.57. The summed E-state index contributed by atoms with van der Waals surface area (Å²) in [5.41, 5.74) is 2.77. The average Bonchev–Trinajstić information content (AvgIpc) is 3.54. The molecule has 8 nitrogen and oxygen atoms in total. The number of alkyl halides is 2. The van der Waals surface area contributed by atoms with Crippen LogP contribution in [-0.2, 0) is 4.79 Å². The number of hydrogen-bond acceptors (Lipinski definition) is 6. The van der Waals surface area contributed by atoms with Gasteiger partial charge in [-0.3, -0.25) is 19.8 Å². The minimum atomic E-state index is -3.14. The van der Waals surface area contributed by atoms with E-state index in [4.69, 9.17) is 20.8 Å². The van der Waals surface area contributed by atoms with Gasteiger partial charge in [0.1, 0.15) is 17.5 Å². The van der Waals surface area contributed by atoms with Gasteiger partial charge in [0.05, 0.1) is 36.2 Å². The van der Waals surface area contributed by atoms with Crippen molar-refractivity contribution in [2.24, 2.45) is 4.99 Å². The summed E-state index contributed by atoms with van der Waals surface area (Å²) >= 11 is 5.92. The molecule has 0 spiro atoms. The van der Waals surface area contributed by atoms with Gasteiger partial charge in [0.25, 0.3) is 11.8 Å². The van der Waals surface area contributed by atoms with E-state index in [9.17, 15) is 18.4 Å². The molecule has 0 aliphatic carbocycles. The van der Waals surface area contributed by atoms with Crippen molar-refractivity contribution in [1.82, 2.24) is 14.9 Å². The number of nitrogens with zero attached hydrogens (tertiary/aromatic N) is 3. The van der Waals surface area contributed by atoms with E-state index in [1.807, 2.05) is 0 Å². The monoisotopic (exact) mass is 536 g/mol. The Labute approximate surface area is 219 Å². The van der Waals surface area contributed by atoms with Crippen molar-refractivity contribution in [3.05, 3.63) is 98.8 Å². The van der Waals surface area contributed by atoms with E-state index in [1.54, 1.807) is 54.6 Å². The molecule has 2 aliphatic heterocycles. The number of aromatic amines is 1. The van der Waals surface area contributed by atoms with Crippen molar-refractivity contribution < 1.29 is 22.7 Å². The van der Waals surface area contributed by atoms with Crippen LogP contribution in [0.4, 0.5) is 8.78 Å². The Morgan fingerprint density at radius 3 is 2.61 bits per heavy atom. The molecule has 0 saturated heterocycles. The average molecular weight is 537 g/mol. The van der Waals surface area contributed by atoms with Crippen molar-refractivity contribution in [1.29, 1.82) is 0 Å². The topological polar surface area (TPSA) is 101 Å². The van der Waals surface area contributed by atoms with Gasteiger partial charge in [0, 0.05) is 28.7 Å². The maximum absolute atomic E-state index is 14.2. The van der Waals surface area contributed by atoms with E-state index in [1.165, 1.54) is 6.20 Å². The summed E-state index contributed by atoms with van der Waals surface area (Å²) in [6.07, 6.45) is 1.47. The first-order valence-electron chi connectivity index (χ1n) is 11.7. The Kier molecular flexibility index (Phi) is 5.64. The number of nitrogens with one attached hydrogen (secondary N) is 1. The number of carbonyl (C=O) groups excluding carboxylic acids is 1. The van der Waals surface area contributed by atoms with Crippen LogP contribution in [0.25, 0.3) is 11.1 Å². The first kappa shape index (κ1) is 24.1. The highest BCUT2D eigenvalue weighted by Gasteiger charge is 2.47. The number of carbonyl (C=O) groups is 1. The predicted octanol–water partition coefficient (Wildman–Crippen LogP) is 5.30. The number of amides is 1. The molecule has 1 N–H and O–H groups in total. The van der Waals surface area contributed by atoms with Crippen molar-refractivity contribution in [2.45, 2.75) is 18.9 Å². The summed E-state index contributed by atoms with van der Waals surface area (Å²) in [6, 6.07) is 14.3. The van der Waals surface area contributed by atoms with E-state index < -0.39 is 30.2 Å². The number of para-hydroxylation sites is 1. The Morgan fingerprint density at radius 2 is 1.89 bits per heavy atom. The molecule has 0 radical (unpaired) electrons. The summed E-state index contributed by atoms with van der Waals surface area (Å²) in [4.78, 5) is 38.0. The molecule has 2 aromatic carbocycles. The lowest BCUT2D eigenvalue weighted by Crippen LogP contribution is -2.40. The summed E-state index contributed by atoms with van der Waals surface area (Å²) < 4.78 is 39.6. The summed E-state index contributed by atoms with van der Waals surface area (Å²) in [5, 5.41) is 0.567.